The Kier molecular flexibility index (Phi) is 2.11. The third kappa shape index (κ3) is 1.69. The first-order valence-electron chi connectivity index (χ1n) is 4.63. The molecule has 0 radical (unpaired) electrons. The predicted octanol–water partition coefficient (Wildman–Crippen LogP) is 1.51. The van der Waals surface area contributed by atoms with Crippen LogP contribution in [0.3, 0.4) is 0 Å². The summed E-state index contributed by atoms with van der Waals surface area (Å²) in [5.74, 6) is 0. The van der Waals surface area contributed by atoms with Gasteiger partial charge < -0.3 is 9.13 Å². The second-order valence-electron chi connectivity index (χ2n) is 4.02. The molecule has 2 heterocycles. The van der Waals surface area contributed by atoms with Crippen LogP contribution in [0.4, 0.5) is 0 Å². The molecule has 0 aliphatic carbocycles. The van der Waals surface area contributed by atoms with Gasteiger partial charge in [0.25, 0.3) is 0 Å². The minimum Gasteiger partial charge on any atom is -0.335 e. The molecule has 0 saturated carbocycles. The highest BCUT2D eigenvalue weighted by Crippen LogP contribution is 2.16. The summed E-state index contributed by atoms with van der Waals surface area (Å²) in [5.41, 5.74) is 0.0250. The van der Waals surface area contributed by atoms with E-state index in [1.807, 2.05) is 25.0 Å². The zero-order chi connectivity index (χ0) is 10.0. The molecule has 4 heteroatoms. The topological polar surface area (TPSA) is 35.6 Å². The molecular weight excluding hydrogens is 176 g/mol. The van der Waals surface area contributed by atoms with Crippen LogP contribution in [0.5, 0.6) is 0 Å². The van der Waals surface area contributed by atoms with E-state index >= 15 is 0 Å². The summed E-state index contributed by atoms with van der Waals surface area (Å²) in [5, 5.41) is 0. The molecule has 0 bridgehead atoms. The molecule has 0 N–H and O–H groups in total. The first kappa shape index (κ1) is 8.99. The van der Waals surface area contributed by atoms with Crippen molar-refractivity contribution in [2.24, 2.45) is 0 Å². The van der Waals surface area contributed by atoms with E-state index in [1.54, 1.807) is 12.4 Å². The van der Waals surface area contributed by atoms with Crippen LogP contribution in [0.25, 0.3) is 0 Å². The summed E-state index contributed by atoms with van der Waals surface area (Å²) < 4.78 is 4.17. The lowest BCUT2D eigenvalue weighted by Crippen LogP contribution is -2.30. The quantitative estimate of drug-likeness (QED) is 0.735. The molecular formula is C10H14N4. The minimum absolute atomic E-state index is 0.0250. The third-order valence-corrected chi connectivity index (χ3v) is 2.33. The third-order valence-electron chi connectivity index (χ3n) is 2.33. The maximum absolute atomic E-state index is 4.06. The van der Waals surface area contributed by atoms with E-state index in [2.05, 4.69) is 32.9 Å². The molecule has 0 aliphatic rings. The van der Waals surface area contributed by atoms with Crippen LogP contribution in [0.1, 0.15) is 13.8 Å². The van der Waals surface area contributed by atoms with E-state index in [4.69, 9.17) is 0 Å². The smallest absolute Gasteiger partial charge is 0.0951 e. The highest BCUT2D eigenvalue weighted by Gasteiger charge is 2.19. The molecule has 0 aliphatic heterocycles. The van der Waals surface area contributed by atoms with Gasteiger partial charge in [0, 0.05) is 31.3 Å². The Morgan fingerprint density at radius 2 is 1.79 bits per heavy atom. The van der Waals surface area contributed by atoms with Crippen molar-refractivity contribution in [2.45, 2.75) is 25.9 Å². The van der Waals surface area contributed by atoms with Gasteiger partial charge in [-0.2, -0.15) is 0 Å². The van der Waals surface area contributed by atoms with Gasteiger partial charge in [-0.1, -0.05) is 0 Å². The fourth-order valence-electron chi connectivity index (χ4n) is 1.53. The van der Waals surface area contributed by atoms with E-state index in [0.29, 0.717) is 0 Å². The fourth-order valence-corrected chi connectivity index (χ4v) is 1.53. The van der Waals surface area contributed by atoms with Gasteiger partial charge in [-0.3, -0.25) is 0 Å². The number of rotatable bonds is 3. The molecule has 2 aromatic heterocycles. The van der Waals surface area contributed by atoms with Crippen molar-refractivity contribution in [1.29, 1.82) is 0 Å². The Bertz CT molecular complexity index is 372. The molecule has 0 aromatic carbocycles. The Labute approximate surface area is 83.2 Å². The second kappa shape index (κ2) is 3.29. The van der Waals surface area contributed by atoms with E-state index in [1.165, 1.54) is 0 Å². The average molecular weight is 190 g/mol. The van der Waals surface area contributed by atoms with Crippen molar-refractivity contribution in [3.05, 3.63) is 37.4 Å². The normalized spacial score (nSPS) is 11.9. The standard InChI is InChI=1S/C10H14N4/c1-10(2,14-6-4-12-9-14)7-13-5-3-11-8-13/h3-6,8-9H,7H2,1-2H3. The average Bonchev–Trinajstić information content (AvgIpc) is 2.71. The molecule has 74 valence electrons. The first-order chi connectivity index (χ1) is 6.68. The summed E-state index contributed by atoms with van der Waals surface area (Å²) >= 11 is 0. The largest absolute Gasteiger partial charge is 0.335 e. The maximum Gasteiger partial charge on any atom is 0.0951 e. The summed E-state index contributed by atoms with van der Waals surface area (Å²) in [4.78, 5) is 8.08. The van der Waals surface area contributed by atoms with E-state index < -0.39 is 0 Å². The van der Waals surface area contributed by atoms with Gasteiger partial charge in [-0.25, -0.2) is 9.97 Å². The van der Waals surface area contributed by atoms with Gasteiger partial charge in [0.1, 0.15) is 0 Å². The van der Waals surface area contributed by atoms with Gasteiger partial charge in [-0.05, 0) is 13.8 Å². The number of hydrogen-bond donors (Lipinski definition) is 0. The van der Waals surface area contributed by atoms with Crippen molar-refractivity contribution in [3.8, 4) is 0 Å². The van der Waals surface area contributed by atoms with Gasteiger partial charge >= 0.3 is 0 Å². The zero-order valence-electron chi connectivity index (χ0n) is 8.46. The van der Waals surface area contributed by atoms with Crippen molar-refractivity contribution in [1.82, 2.24) is 19.1 Å². The molecule has 2 aromatic rings. The maximum atomic E-state index is 4.06. The number of hydrogen-bond acceptors (Lipinski definition) is 2. The van der Waals surface area contributed by atoms with Gasteiger partial charge in [0.2, 0.25) is 0 Å². The van der Waals surface area contributed by atoms with Gasteiger partial charge in [0.05, 0.1) is 18.2 Å². The molecule has 0 amide bonds. The van der Waals surface area contributed by atoms with Crippen LogP contribution in [0, 0.1) is 0 Å². The van der Waals surface area contributed by atoms with Crippen LogP contribution in [-0.4, -0.2) is 19.1 Å². The van der Waals surface area contributed by atoms with Crippen molar-refractivity contribution < 1.29 is 0 Å². The number of imidazole rings is 2. The van der Waals surface area contributed by atoms with Crippen LogP contribution in [-0.2, 0) is 12.1 Å². The Morgan fingerprint density at radius 1 is 1.07 bits per heavy atom. The second-order valence-corrected chi connectivity index (χ2v) is 4.02. The molecule has 0 spiro atoms. The molecule has 2 rings (SSSR count). The molecule has 14 heavy (non-hydrogen) atoms. The van der Waals surface area contributed by atoms with Crippen molar-refractivity contribution in [2.75, 3.05) is 0 Å². The summed E-state index contributed by atoms with van der Waals surface area (Å²) in [6.07, 6.45) is 11.2. The Hall–Kier alpha value is -1.58. The minimum atomic E-state index is 0.0250. The van der Waals surface area contributed by atoms with E-state index in [9.17, 15) is 0 Å². The number of nitrogens with zero attached hydrogens (tertiary/aromatic N) is 4. The SMILES string of the molecule is CC(C)(Cn1ccnc1)n1ccnc1. The van der Waals surface area contributed by atoms with Crippen LogP contribution >= 0.6 is 0 Å². The molecule has 4 nitrogen and oxygen atoms in total. The monoisotopic (exact) mass is 190 g/mol. The summed E-state index contributed by atoms with van der Waals surface area (Å²) in [6, 6.07) is 0. The summed E-state index contributed by atoms with van der Waals surface area (Å²) in [6.45, 7) is 5.24. The molecule has 0 unspecified atom stereocenters. The molecule has 0 atom stereocenters. The lowest BCUT2D eigenvalue weighted by Gasteiger charge is -2.26. The first-order valence-corrected chi connectivity index (χ1v) is 4.63. The molecule has 0 fully saturated rings. The van der Waals surface area contributed by atoms with Gasteiger partial charge in [-0.15, -0.1) is 0 Å². The lowest BCUT2D eigenvalue weighted by molar-refractivity contribution is 0.301. The van der Waals surface area contributed by atoms with Crippen LogP contribution < -0.4 is 0 Å². The zero-order valence-corrected chi connectivity index (χ0v) is 8.46. The highest BCUT2D eigenvalue weighted by atomic mass is 15.1. The van der Waals surface area contributed by atoms with E-state index in [0.717, 1.165) is 6.54 Å². The lowest BCUT2D eigenvalue weighted by atomic mass is 10.1. The highest BCUT2D eigenvalue weighted by molar-refractivity contribution is 4.88. The van der Waals surface area contributed by atoms with E-state index in [-0.39, 0.29) is 5.54 Å². The Morgan fingerprint density at radius 3 is 2.36 bits per heavy atom. The van der Waals surface area contributed by atoms with Crippen molar-refractivity contribution >= 4 is 0 Å². The summed E-state index contributed by atoms with van der Waals surface area (Å²) in [7, 11) is 0. The van der Waals surface area contributed by atoms with Crippen molar-refractivity contribution in [3.63, 3.8) is 0 Å². The predicted molar refractivity (Wildman–Crippen MR) is 53.8 cm³/mol. The van der Waals surface area contributed by atoms with Gasteiger partial charge in [0.15, 0.2) is 0 Å². The Balaban J connectivity index is 2.17. The fraction of sp³-hybridized carbons (Fsp3) is 0.400. The molecule has 0 saturated heterocycles. The van der Waals surface area contributed by atoms with Crippen LogP contribution in [0.2, 0.25) is 0 Å². The van der Waals surface area contributed by atoms with Crippen LogP contribution in [0.15, 0.2) is 37.4 Å². The number of aromatic nitrogens is 4.